The summed E-state index contributed by atoms with van der Waals surface area (Å²) in [6.07, 6.45) is 1.53. The van der Waals surface area contributed by atoms with Crippen LogP contribution in [0.1, 0.15) is 5.56 Å². The van der Waals surface area contributed by atoms with E-state index in [0.29, 0.717) is 16.4 Å². The van der Waals surface area contributed by atoms with Crippen LogP contribution >= 0.6 is 11.3 Å². The average molecular weight is 465 g/mol. The van der Waals surface area contributed by atoms with Crippen LogP contribution in [0.5, 0.6) is 17.2 Å². The molecule has 33 heavy (non-hydrogen) atoms. The maximum atomic E-state index is 11.4. The summed E-state index contributed by atoms with van der Waals surface area (Å²) in [5.74, 6) is 0.336. The van der Waals surface area contributed by atoms with E-state index in [4.69, 9.17) is 9.47 Å². The first-order valence-electron chi connectivity index (χ1n) is 9.38. The highest BCUT2D eigenvalue weighted by molar-refractivity contribution is 7.22. The molecule has 0 bridgehead atoms. The number of nitro groups is 2. The Balaban J connectivity index is 1.57. The highest BCUT2D eigenvalue weighted by Gasteiger charge is 2.22. The SMILES string of the molecule is COc1ccc(C=NNc2nc3ccccc3s2)cc1Oc1ccc([N+](=O)[O-])cc1[N+](=O)[O-]. The standard InChI is InChI=1S/C21H15N5O6S/c1-31-18-8-6-13(12-22-24-21-23-15-4-2-3-5-20(15)33-21)10-19(18)32-17-9-7-14(25(27)28)11-16(17)26(29)30/h2-12H,1H3,(H,23,24). The van der Waals surface area contributed by atoms with E-state index in [-0.39, 0.29) is 11.5 Å². The van der Waals surface area contributed by atoms with Crippen LogP contribution in [0.25, 0.3) is 10.2 Å². The van der Waals surface area contributed by atoms with E-state index in [1.807, 2.05) is 24.3 Å². The van der Waals surface area contributed by atoms with Gasteiger partial charge in [-0.15, -0.1) is 0 Å². The second-order valence-corrected chi connectivity index (χ2v) is 7.57. The number of hydrogen-bond donors (Lipinski definition) is 1. The molecule has 166 valence electrons. The molecule has 4 rings (SSSR count). The van der Waals surface area contributed by atoms with Gasteiger partial charge in [-0.25, -0.2) is 4.98 Å². The molecule has 0 unspecified atom stereocenters. The predicted octanol–water partition coefficient (Wildman–Crippen LogP) is 5.36. The minimum atomic E-state index is -0.748. The second kappa shape index (κ2) is 9.28. The van der Waals surface area contributed by atoms with Gasteiger partial charge in [-0.05, 0) is 42.0 Å². The van der Waals surface area contributed by atoms with Crippen LogP contribution < -0.4 is 14.9 Å². The van der Waals surface area contributed by atoms with Crippen molar-refractivity contribution >= 4 is 44.3 Å². The summed E-state index contributed by atoms with van der Waals surface area (Å²) in [5, 5.41) is 27.1. The number of aromatic nitrogens is 1. The third kappa shape index (κ3) is 4.85. The first-order valence-corrected chi connectivity index (χ1v) is 10.2. The number of fused-ring (bicyclic) bond motifs is 1. The quantitative estimate of drug-likeness (QED) is 0.208. The fourth-order valence-electron chi connectivity index (χ4n) is 2.90. The van der Waals surface area contributed by atoms with Crippen molar-refractivity contribution < 1.29 is 19.3 Å². The smallest absolute Gasteiger partial charge is 0.318 e. The maximum absolute atomic E-state index is 11.4. The Morgan fingerprint density at radius 3 is 2.52 bits per heavy atom. The number of hydrazone groups is 1. The van der Waals surface area contributed by atoms with Crippen LogP contribution in [0.2, 0.25) is 0 Å². The minimum Gasteiger partial charge on any atom is -0.493 e. The number of nitrogens with one attached hydrogen (secondary N) is 1. The van der Waals surface area contributed by atoms with Crippen LogP contribution in [0.4, 0.5) is 16.5 Å². The molecule has 0 aliphatic heterocycles. The molecule has 0 saturated heterocycles. The number of para-hydroxylation sites is 1. The van der Waals surface area contributed by atoms with Crippen molar-refractivity contribution in [3.05, 3.63) is 86.5 Å². The Kier molecular flexibility index (Phi) is 6.09. The Morgan fingerprint density at radius 1 is 1.00 bits per heavy atom. The predicted molar refractivity (Wildman–Crippen MR) is 124 cm³/mol. The van der Waals surface area contributed by atoms with E-state index in [1.165, 1.54) is 30.7 Å². The molecule has 1 aromatic heterocycles. The minimum absolute atomic E-state index is 0.161. The first kappa shape index (κ1) is 21.6. The van der Waals surface area contributed by atoms with E-state index < -0.39 is 21.2 Å². The van der Waals surface area contributed by atoms with Crippen molar-refractivity contribution in [3.63, 3.8) is 0 Å². The Morgan fingerprint density at radius 2 is 1.79 bits per heavy atom. The molecule has 0 saturated carbocycles. The molecule has 0 aliphatic carbocycles. The highest BCUT2D eigenvalue weighted by atomic mass is 32.1. The third-order valence-corrected chi connectivity index (χ3v) is 5.37. The van der Waals surface area contributed by atoms with Gasteiger partial charge >= 0.3 is 5.69 Å². The molecule has 1 N–H and O–H groups in total. The molecule has 4 aromatic rings. The fraction of sp³-hybridized carbons (Fsp3) is 0.0476. The van der Waals surface area contributed by atoms with Gasteiger partial charge < -0.3 is 9.47 Å². The van der Waals surface area contributed by atoms with E-state index in [9.17, 15) is 20.2 Å². The molecule has 0 atom stereocenters. The summed E-state index contributed by atoms with van der Waals surface area (Å²) in [6.45, 7) is 0. The molecular weight excluding hydrogens is 450 g/mol. The van der Waals surface area contributed by atoms with Gasteiger partial charge in [-0.2, -0.15) is 5.10 Å². The summed E-state index contributed by atoms with van der Waals surface area (Å²) in [7, 11) is 1.43. The van der Waals surface area contributed by atoms with E-state index >= 15 is 0 Å². The van der Waals surface area contributed by atoms with E-state index in [0.717, 1.165) is 22.3 Å². The van der Waals surface area contributed by atoms with Crippen molar-refractivity contribution in [3.8, 4) is 17.2 Å². The van der Waals surface area contributed by atoms with Crippen molar-refractivity contribution in [2.75, 3.05) is 12.5 Å². The number of anilines is 1. The first-order chi connectivity index (χ1) is 15.9. The summed E-state index contributed by atoms with van der Waals surface area (Å²) in [4.78, 5) is 25.3. The molecule has 1 heterocycles. The van der Waals surface area contributed by atoms with Gasteiger partial charge in [0.15, 0.2) is 11.5 Å². The van der Waals surface area contributed by atoms with Gasteiger partial charge in [-0.1, -0.05) is 23.5 Å². The largest absolute Gasteiger partial charge is 0.493 e. The van der Waals surface area contributed by atoms with Crippen LogP contribution in [0.3, 0.4) is 0 Å². The molecule has 0 amide bonds. The molecule has 0 aliphatic rings. The maximum Gasteiger partial charge on any atom is 0.318 e. The van der Waals surface area contributed by atoms with Gasteiger partial charge in [0, 0.05) is 6.07 Å². The lowest BCUT2D eigenvalue weighted by molar-refractivity contribution is -0.394. The summed E-state index contributed by atoms with van der Waals surface area (Å²) >= 11 is 1.46. The number of rotatable bonds is 8. The molecule has 0 fully saturated rings. The van der Waals surface area contributed by atoms with Crippen LogP contribution in [-0.2, 0) is 0 Å². The lowest BCUT2D eigenvalue weighted by Crippen LogP contribution is -1.98. The molecule has 0 spiro atoms. The van der Waals surface area contributed by atoms with Gasteiger partial charge in [0.1, 0.15) is 0 Å². The zero-order valence-corrected chi connectivity index (χ0v) is 17.8. The molecular formula is C21H15N5O6S. The van der Waals surface area contributed by atoms with Crippen molar-refractivity contribution in [2.45, 2.75) is 0 Å². The molecule has 0 radical (unpaired) electrons. The highest BCUT2D eigenvalue weighted by Crippen LogP contribution is 2.38. The Hall–Kier alpha value is -4.58. The van der Waals surface area contributed by atoms with Gasteiger partial charge in [0.2, 0.25) is 10.9 Å². The topological polar surface area (TPSA) is 142 Å². The van der Waals surface area contributed by atoms with Crippen LogP contribution in [0.15, 0.2) is 65.8 Å². The van der Waals surface area contributed by atoms with E-state index in [2.05, 4.69) is 15.5 Å². The molecule has 11 nitrogen and oxygen atoms in total. The van der Waals surface area contributed by atoms with E-state index in [1.54, 1.807) is 18.2 Å². The summed E-state index contributed by atoms with van der Waals surface area (Å²) in [5.41, 5.74) is 3.40. The van der Waals surface area contributed by atoms with Gasteiger partial charge in [-0.3, -0.25) is 25.7 Å². The lowest BCUT2D eigenvalue weighted by atomic mass is 10.2. The van der Waals surface area contributed by atoms with Crippen molar-refractivity contribution in [1.29, 1.82) is 0 Å². The van der Waals surface area contributed by atoms with Crippen LogP contribution in [0, 0.1) is 20.2 Å². The monoisotopic (exact) mass is 465 g/mol. The number of nitro benzene ring substituents is 2. The van der Waals surface area contributed by atoms with Crippen molar-refractivity contribution in [1.82, 2.24) is 4.98 Å². The van der Waals surface area contributed by atoms with Crippen molar-refractivity contribution in [2.24, 2.45) is 5.10 Å². The number of non-ortho nitro benzene ring substituents is 1. The Bertz CT molecular complexity index is 1350. The third-order valence-electron chi connectivity index (χ3n) is 4.43. The number of benzene rings is 3. The normalized spacial score (nSPS) is 10.9. The Labute approximate surface area is 190 Å². The summed E-state index contributed by atoms with van der Waals surface area (Å²) in [6, 6.07) is 15.8. The lowest BCUT2D eigenvalue weighted by Gasteiger charge is -2.11. The number of ether oxygens (including phenoxy) is 2. The number of thiazole rings is 1. The number of nitrogens with zero attached hydrogens (tertiary/aromatic N) is 4. The number of methoxy groups -OCH3 is 1. The molecule has 3 aromatic carbocycles. The van der Waals surface area contributed by atoms with Gasteiger partial charge in [0.05, 0.1) is 39.5 Å². The summed E-state index contributed by atoms with van der Waals surface area (Å²) < 4.78 is 12.0. The van der Waals surface area contributed by atoms with Gasteiger partial charge in [0.25, 0.3) is 5.69 Å². The zero-order valence-electron chi connectivity index (χ0n) is 17.0. The average Bonchev–Trinajstić information content (AvgIpc) is 3.22. The fourth-order valence-corrected chi connectivity index (χ4v) is 3.72. The number of hydrogen-bond acceptors (Lipinski definition) is 10. The second-order valence-electron chi connectivity index (χ2n) is 6.54. The zero-order chi connectivity index (χ0) is 23.4. The molecule has 12 heteroatoms. The van der Waals surface area contributed by atoms with Crippen LogP contribution in [-0.4, -0.2) is 28.2 Å².